The summed E-state index contributed by atoms with van der Waals surface area (Å²) in [5.41, 5.74) is -0.884. The van der Waals surface area contributed by atoms with Gasteiger partial charge in [-0.15, -0.1) is 0 Å². The highest BCUT2D eigenvalue weighted by molar-refractivity contribution is 6.35. The summed E-state index contributed by atoms with van der Waals surface area (Å²) in [7, 11) is 8.29. The highest BCUT2D eigenvalue weighted by Gasteiger charge is 2.37. The lowest BCUT2D eigenvalue weighted by Gasteiger charge is -2.45. The summed E-state index contributed by atoms with van der Waals surface area (Å²) < 4.78 is 0. The normalized spacial score (nSPS) is 13.3. The lowest BCUT2D eigenvalue weighted by Crippen LogP contribution is -2.57. The zero-order chi connectivity index (χ0) is 26.9. The maximum absolute atomic E-state index is 13.3. The fourth-order valence-electron chi connectivity index (χ4n) is 4.45. The van der Waals surface area contributed by atoms with Gasteiger partial charge in [0, 0.05) is 35.7 Å². The van der Waals surface area contributed by atoms with E-state index in [2.05, 4.69) is 75.7 Å². The fourth-order valence-corrected chi connectivity index (χ4v) is 4.45. The van der Waals surface area contributed by atoms with Gasteiger partial charge >= 0.3 is 11.8 Å². The number of nitrogens with zero attached hydrogens (tertiary/aromatic N) is 4. The van der Waals surface area contributed by atoms with Crippen molar-refractivity contribution in [2.24, 2.45) is 0 Å². The second-order valence-corrected chi connectivity index (χ2v) is 12.9. The largest absolute Gasteiger partial charge is 0.343 e. The summed E-state index contributed by atoms with van der Waals surface area (Å²) in [6.45, 7) is 22.6. The van der Waals surface area contributed by atoms with Crippen molar-refractivity contribution in [3.8, 4) is 0 Å². The maximum atomic E-state index is 13.3. The van der Waals surface area contributed by atoms with E-state index < -0.39 is 22.9 Å². The topological polar surface area (TPSA) is 59.1 Å². The Kier molecular flexibility index (Phi) is 13.3. The molecule has 7 heteroatoms. The average molecular weight is 484 g/mol. The Morgan fingerprint density at radius 1 is 0.706 bits per heavy atom. The maximum Gasteiger partial charge on any atom is 0.312 e. The molecule has 0 rings (SSSR count). The molecule has 0 unspecified atom stereocenters. The molecule has 0 aromatic carbocycles. The van der Waals surface area contributed by atoms with E-state index in [-0.39, 0.29) is 5.54 Å². The number of rotatable bonds is 14. The van der Waals surface area contributed by atoms with Gasteiger partial charge in [0.15, 0.2) is 0 Å². The van der Waals surface area contributed by atoms with Gasteiger partial charge in [-0.2, -0.15) is 0 Å². The second-order valence-electron chi connectivity index (χ2n) is 12.9. The molecule has 0 bridgehead atoms. The molecule has 0 atom stereocenters. The third-order valence-electron chi connectivity index (χ3n) is 6.40. The van der Waals surface area contributed by atoms with E-state index >= 15 is 0 Å². The predicted molar refractivity (Wildman–Crippen MR) is 145 cm³/mol. The Balaban J connectivity index is 5.55. The average Bonchev–Trinajstić information content (AvgIpc) is 2.64. The molecule has 7 nitrogen and oxygen atoms in total. The molecule has 34 heavy (non-hydrogen) atoms. The lowest BCUT2D eigenvalue weighted by molar-refractivity contribution is -0.150. The van der Waals surface area contributed by atoms with Crippen molar-refractivity contribution in [1.82, 2.24) is 24.9 Å². The Labute approximate surface area is 211 Å². The van der Waals surface area contributed by atoms with Crippen LogP contribution >= 0.6 is 0 Å². The minimum Gasteiger partial charge on any atom is -0.343 e. The number of hydrogen-bond donors (Lipinski definition) is 1. The van der Waals surface area contributed by atoms with E-state index in [1.807, 2.05) is 34.9 Å². The van der Waals surface area contributed by atoms with Crippen molar-refractivity contribution in [3.05, 3.63) is 0 Å². The summed E-state index contributed by atoms with van der Waals surface area (Å²) in [6.07, 6.45) is 3.73. The van der Waals surface area contributed by atoms with Crippen molar-refractivity contribution < 1.29 is 9.59 Å². The molecule has 0 aliphatic heterocycles. The smallest absolute Gasteiger partial charge is 0.312 e. The van der Waals surface area contributed by atoms with E-state index in [1.165, 1.54) is 0 Å². The molecule has 1 N–H and O–H groups in total. The molecule has 0 aromatic rings. The molecular weight excluding hydrogens is 426 g/mol. The highest BCUT2D eigenvalue weighted by Crippen LogP contribution is 2.30. The number of nitrogens with one attached hydrogen (secondary N) is 1. The summed E-state index contributed by atoms with van der Waals surface area (Å²) in [6, 6.07) is 0.440. The van der Waals surface area contributed by atoms with Gasteiger partial charge in [-0.25, -0.2) is 0 Å². The van der Waals surface area contributed by atoms with Crippen molar-refractivity contribution in [1.29, 1.82) is 0 Å². The predicted octanol–water partition coefficient (Wildman–Crippen LogP) is 3.68. The van der Waals surface area contributed by atoms with E-state index in [1.54, 1.807) is 4.90 Å². The van der Waals surface area contributed by atoms with E-state index in [0.717, 1.165) is 45.3 Å². The third kappa shape index (κ3) is 12.5. The van der Waals surface area contributed by atoms with Crippen LogP contribution < -0.4 is 5.32 Å². The molecule has 0 spiro atoms. The Morgan fingerprint density at radius 3 is 1.56 bits per heavy atom. The molecule has 0 aliphatic rings. The van der Waals surface area contributed by atoms with Crippen LogP contribution in [0.1, 0.15) is 88.0 Å². The van der Waals surface area contributed by atoms with Gasteiger partial charge in [0.2, 0.25) is 0 Å². The minimum absolute atomic E-state index is 0.0101. The van der Waals surface area contributed by atoms with Gasteiger partial charge < -0.3 is 20.0 Å². The number of carbonyl (C=O) groups is 2. The van der Waals surface area contributed by atoms with Gasteiger partial charge in [0.05, 0.1) is 0 Å². The lowest BCUT2D eigenvalue weighted by atomic mass is 9.86. The van der Waals surface area contributed by atoms with Crippen LogP contribution in [0.25, 0.3) is 0 Å². The third-order valence-corrected chi connectivity index (χ3v) is 6.40. The highest BCUT2D eigenvalue weighted by atomic mass is 16.2. The van der Waals surface area contributed by atoms with Crippen LogP contribution in [-0.4, -0.2) is 108 Å². The van der Waals surface area contributed by atoms with Crippen molar-refractivity contribution in [2.75, 3.05) is 54.4 Å². The van der Waals surface area contributed by atoms with Crippen LogP contribution in [0.5, 0.6) is 0 Å². The number of carbonyl (C=O) groups excluding carboxylic acids is 2. The van der Waals surface area contributed by atoms with Crippen LogP contribution in [-0.2, 0) is 9.59 Å². The van der Waals surface area contributed by atoms with Gasteiger partial charge in [-0.05, 0) is 129 Å². The van der Waals surface area contributed by atoms with Gasteiger partial charge in [0.25, 0.3) is 0 Å². The molecule has 2 amide bonds. The Hall–Kier alpha value is -1.18. The van der Waals surface area contributed by atoms with Gasteiger partial charge in [-0.3, -0.25) is 14.5 Å². The van der Waals surface area contributed by atoms with Crippen molar-refractivity contribution in [3.63, 3.8) is 0 Å². The first kappa shape index (κ1) is 32.8. The van der Waals surface area contributed by atoms with Crippen LogP contribution in [0, 0.1) is 0 Å². The monoisotopic (exact) mass is 483 g/mol. The summed E-state index contributed by atoms with van der Waals surface area (Å²) in [4.78, 5) is 34.8. The minimum atomic E-state index is -0.516. The summed E-state index contributed by atoms with van der Waals surface area (Å²) >= 11 is 0. The van der Waals surface area contributed by atoms with Gasteiger partial charge in [-0.1, -0.05) is 0 Å². The zero-order valence-corrected chi connectivity index (χ0v) is 24.8. The molecule has 0 aliphatic carbocycles. The van der Waals surface area contributed by atoms with Crippen molar-refractivity contribution >= 4 is 11.8 Å². The Bertz CT molecular complexity index is 621. The van der Waals surface area contributed by atoms with Crippen molar-refractivity contribution in [2.45, 2.75) is 111 Å². The van der Waals surface area contributed by atoms with E-state index in [0.29, 0.717) is 12.6 Å². The van der Waals surface area contributed by atoms with Crippen LogP contribution in [0.15, 0.2) is 0 Å². The standard InChI is InChI=1S/C27H57N5O2/c1-22(2)31(20-14-18-29(10)11)26(6,7)16-17-27(8,9)32(21-15-19-30(12)13)24(34)23(33)28-25(3,4)5/h22H,14-21H2,1-13H3,(H,28,33). The van der Waals surface area contributed by atoms with Crippen LogP contribution in [0.4, 0.5) is 0 Å². The number of amides is 2. The first-order valence-corrected chi connectivity index (χ1v) is 13.0. The molecule has 0 saturated heterocycles. The molecule has 0 saturated carbocycles. The molecule has 0 heterocycles. The zero-order valence-electron chi connectivity index (χ0n) is 24.8. The summed E-state index contributed by atoms with van der Waals surface area (Å²) in [5, 5.41) is 2.86. The van der Waals surface area contributed by atoms with E-state index in [9.17, 15) is 9.59 Å². The van der Waals surface area contributed by atoms with Crippen LogP contribution in [0.3, 0.4) is 0 Å². The first-order chi connectivity index (χ1) is 15.3. The Morgan fingerprint density at radius 2 is 1.15 bits per heavy atom. The molecular formula is C27H57N5O2. The quantitative estimate of drug-likeness (QED) is 0.382. The SMILES string of the molecule is CC(C)N(CCCN(C)C)C(C)(C)CCC(C)(C)N(CCCN(C)C)C(=O)C(=O)NC(C)(C)C. The second kappa shape index (κ2) is 13.8. The fraction of sp³-hybridized carbons (Fsp3) is 0.926. The number of hydrogen-bond acceptors (Lipinski definition) is 5. The first-order valence-electron chi connectivity index (χ1n) is 13.0. The molecule has 202 valence electrons. The van der Waals surface area contributed by atoms with Crippen LogP contribution in [0.2, 0.25) is 0 Å². The van der Waals surface area contributed by atoms with E-state index in [4.69, 9.17) is 0 Å². The summed E-state index contributed by atoms with van der Waals surface area (Å²) in [5.74, 6) is -0.944. The molecule has 0 fully saturated rings. The molecule has 0 radical (unpaired) electrons. The van der Waals surface area contributed by atoms with Gasteiger partial charge in [0.1, 0.15) is 0 Å². The molecule has 0 aromatic heterocycles.